The van der Waals surface area contributed by atoms with Gasteiger partial charge in [-0.2, -0.15) is 0 Å². The van der Waals surface area contributed by atoms with Crippen LogP contribution >= 0.6 is 0 Å². The van der Waals surface area contributed by atoms with Crippen molar-refractivity contribution in [2.45, 2.75) is 32.5 Å². The largest absolute Gasteiger partial charge is 0.573 e. The van der Waals surface area contributed by atoms with Crippen molar-refractivity contribution < 1.29 is 35.5 Å². The van der Waals surface area contributed by atoms with Crippen LogP contribution in [0.5, 0.6) is 5.75 Å². The van der Waals surface area contributed by atoms with E-state index in [1.54, 1.807) is 12.1 Å². The SMILES string of the molecule is CCc1ccc(C2=Cc3cc(F)c(-c4cc(F)c(OC(F)(F)F)c(F)c4)cc3CC2)c(F)c1. The fourth-order valence-electron chi connectivity index (χ4n) is 3.91. The first-order chi connectivity index (χ1) is 15.6. The summed E-state index contributed by atoms with van der Waals surface area (Å²) in [5.74, 6) is -6.00. The Labute approximate surface area is 185 Å². The molecule has 0 amide bonds. The van der Waals surface area contributed by atoms with Crippen LogP contribution in [0, 0.1) is 23.3 Å². The van der Waals surface area contributed by atoms with Gasteiger partial charge in [0, 0.05) is 11.1 Å². The molecule has 4 rings (SSSR count). The molecule has 172 valence electrons. The zero-order valence-corrected chi connectivity index (χ0v) is 17.3. The highest BCUT2D eigenvalue weighted by atomic mass is 19.4. The molecule has 0 spiro atoms. The normalized spacial score (nSPS) is 13.5. The molecule has 1 nitrogen and oxygen atoms in total. The topological polar surface area (TPSA) is 9.23 Å². The van der Waals surface area contributed by atoms with Crippen LogP contribution < -0.4 is 4.74 Å². The third kappa shape index (κ3) is 4.74. The van der Waals surface area contributed by atoms with Crippen LogP contribution in [0.2, 0.25) is 0 Å². The molecule has 1 aliphatic rings. The fourth-order valence-corrected chi connectivity index (χ4v) is 3.91. The maximum Gasteiger partial charge on any atom is 0.573 e. The van der Waals surface area contributed by atoms with Crippen LogP contribution in [0.1, 0.15) is 35.6 Å². The molecule has 0 radical (unpaired) electrons. The van der Waals surface area contributed by atoms with Crippen molar-refractivity contribution in [2.24, 2.45) is 0 Å². The summed E-state index contributed by atoms with van der Waals surface area (Å²) in [6, 6.07) is 8.71. The molecule has 0 bridgehead atoms. The lowest BCUT2D eigenvalue weighted by molar-refractivity contribution is -0.276. The Kier molecular flexibility index (Phi) is 5.95. The number of ether oxygens (including phenoxy) is 1. The van der Waals surface area contributed by atoms with E-state index in [0.29, 0.717) is 53.7 Å². The lowest BCUT2D eigenvalue weighted by atomic mass is 9.86. The number of halogens is 7. The van der Waals surface area contributed by atoms with E-state index in [2.05, 4.69) is 4.74 Å². The number of rotatable bonds is 4. The molecule has 0 aliphatic heterocycles. The zero-order chi connectivity index (χ0) is 23.9. The van der Waals surface area contributed by atoms with E-state index in [9.17, 15) is 30.7 Å². The zero-order valence-electron chi connectivity index (χ0n) is 17.3. The van der Waals surface area contributed by atoms with Gasteiger partial charge in [-0.05, 0) is 77.4 Å². The van der Waals surface area contributed by atoms with Gasteiger partial charge in [0.1, 0.15) is 11.6 Å². The summed E-state index contributed by atoms with van der Waals surface area (Å²) in [6.45, 7) is 1.92. The monoisotopic (exact) mass is 466 g/mol. The van der Waals surface area contributed by atoms with Gasteiger partial charge in [0.2, 0.25) is 5.75 Å². The number of allylic oxidation sites excluding steroid dienone is 1. The van der Waals surface area contributed by atoms with E-state index >= 15 is 0 Å². The van der Waals surface area contributed by atoms with Crippen molar-refractivity contribution in [3.05, 3.63) is 88.0 Å². The lowest BCUT2D eigenvalue weighted by Crippen LogP contribution is -2.19. The van der Waals surface area contributed by atoms with Crippen LogP contribution in [0.4, 0.5) is 30.7 Å². The molecule has 0 unspecified atom stereocenters. The van der Waals surface area contributed by atoms with Gasteiger partial charge >= 0.3 is 6.36 Å². The first-order valence-electron chi connectivity index (χ1n) is 10.1. The second kappa shape index (κ2) is 8.57. The molecule has 3 aromatic rings. The average molecular weight is 466 g/mol. The third-order valence-corrected chi connectivity index (χ3v) is 5.54. The van der Waals surface area contributed by atoms with E-state index < -0.39 is 29.6 Å². The molecule has 0 N–H and O–H groups in total. The van der Waals surface area contributed by atoms with Crippen molar-refractivity contribution in [3.8, 4) is 16.9 Å². The Hall–Kier alpha value is -3.29. The Morgan fingerprint density at radius 1 is 0.788 bits per heavy atom. The van der Waals surface area contributed by atoms with Gasteiger partial charge in [-0.15, -0.1) is 13.2 Å². The van der Waals surface area contributed by atoms with E-state index in [0.717, 1.165) is 11.6 Å². The van der Waals surface area contributed by atoms with E-state index in [1.807, 2.05) is 13.0 Å². The predicted octanol–water partition coefficient (Wildman–Crippen LogP) is 7.86. The molecule has 0 saturated heterocycles. The molecule has 1 aliphatic carbocycles. The molecule has 0 atom stereocenters. The van der Waals surface area contributed by atoms with Crippen molar-refractivity contribution in [1.82, 2.24) is 0 Å². The summed E-state index contributed by atoms with van der Waals surface area (Å²) in [4.78, 5) is 0. The van der Waals surface area contributed by atoms with Gasteiger partial charge in [-0.3, -0.25) is 0 Å². The third-order valence-electron chi connectivity index (χ3n) is 5.54. The first-order valence-corrected chi connectivity index (χ1v) is 10.1. The maximum absolute atomic E-state index is 14.8. The Balaban J connectivity index is 1.71. The molecule has 3 aromatic carbocycles. The second-order valence-electron chi connectivity index (χ2n) is 7.69. The van der Waals surface area contributed by atoms with Crippen molar-refractivity contribution in [1.29, 1.82) is 0 Å². The molecular formula is C25H17F7O. The predicted molar refractivity (Wildman–Crippen MR) is 110 cm³/mol. The Morgan fingerprint density at radius 2 is 1.45 bits per heavy atom. The lowest BCUT2D eigenvalue weighted by Gasteiger charge is -2.19. The van der Waals surface area contributed by atoms with Gasteiger partial charge in [0.15, 0.2) is 11.6 Å². The summed E-state index contributed by atoms with van der Waals surface area (Å²) in [7, 11) is 0. The minimum atomic E-state index is -5.28. The smallest absolute Gasteiger partial charge is 0.399 e. The van der Waals surface area contributed by atoms with Crippen LogP contribution in [0.15, 0.2) is 42.5 Å². The van der Waals surface area contributed by atoms with Gasteiger partial charge in [0.05, 0.1) is 0 Å². The van der Waals surface area contributed by atoms with Crippen molar-refractivity contribution >= 4 is 11.6 Å². The second-order valence-corrected chi connectivity index (χ2v) is 7.69. The van der Waals surface area contributed by atoms with Crippen LogP contribution in [0.3, 0.4) is 0 Å². The highest BCUT2D eigenvalue weighted by molar-refractivity contribution is 5.85. The standard InChI is InChI=1S/C25H17F7O/c1-2-13-3-6-18(20(26)7-13)15-5-4-14-9-19(21(27)10-16(14)8-15)17-11-22(28)24(23(29)12-17)33-25(30,31)32/h3,6-12H,2,4-5H2,1H3. The summed E-state index contributed by atoms with van der Waals surface area (Å²) in [5, 5.41) is 0. The number of alkyl halides is 3. The number of benzene rings is 3. The van der Waals surface area contributed by atoms with Gasteiger partial charge in [0.25, 0.3) is 0 Å². The number of fused-ring (bicyclic) bond motifs is 1. The van der Waals surface area contributed by atoms with Crippen LogP contribution in [-0.2, 0) is 12.8 Å². The first kappa shape index (κ1) is 22.9. The number of aryl methyl sites for hydroxylation is 2. The van der Waals surface area contributed by atoms with Gasteiger partial charge in [-0.1, -0.05) is 25.1 Å². The summed E-state index contributed by atoms with van der Waals surface area (Å²) >= 11 is 0. The van der Waals surface area contributed by atoms with Gasteiger partial charge < -0.3 is 4.74 Å². The number of hydrogen-bond donors (Lipinski definition) is 0. The molecule has 33 heavy (non-hydrogen) atoms. The summed E-state index contributed by atoms with van der Waals surface area (Å²) < 4.78 is 98.0. The fraction of sp³-hybridized carbons (Fsp3) is 0.200. The summed E-state index contributed by atoms with van der Waals surface area (Å²) in [6.07, 6.45) is -2.04. The highest BCUT2D eigenvalue weighted by Crippen LogP contribution is 2.37. The highest BCUT2D eigenvalue weighted by Gasteiger charge is 2.34. The minimum absolute atomic E-state index is 0.166. The van der Waals surface area contributed by atoms with Crippen molar-refractivity contribution in [2.75, 3.05) is 0 Å². The minimum Gasteiger partial charge on any atom is -0.399 e. The average Bonchev–Trinajstić information content (AvgIpc) is 2.74. The molecule has 0 heterocycles. The maximum atomic E-state index is 14.8. The van der Waals surface area contributed by atoms with Crippen molar-refractivity contribution in [3.63, 3.8) is 0 Å². The number of hydrogen-bond acceptors (Lipinski definition) is 1. The Bertz CT molecular complexity index is 1240. The summed E-state index contributed by atoms with van der Waals surface area (Å²) in [5.41, 5.74) is 2.70. The van der Waals surface area contributed by atoms with Gasteiger partial charge in [-0.25, -0.2) is 17.6 Å². The quantitative estimate of drug-likeness (QED) is 0.356. The Morgan fingerprint density at radius 3 is 2.06 bits per heavy atom. The van der Waals surface area contributed by atoms with E-state index in [-0.39, 0.29) is 16.9 Å². The van der Waals surface area contributed by atoms with E-state index in [4.69, 9.17) is 0 Å². The van der Waals surface area contributed by atoms with Crippen LogP contribution in [0.25, 0.3) is 22.8 Å². The molecule has 8 heteroatoms. The van der Waals surface area contributed by atoms with E-state index in [1.165, 1.54) is 12.1 Å². The van der Waals surface area contributed by atoms with Crippen LogP contribution in [-0.4, -0.2) is 6.36 Å². The molecule has 0 aromatic heterocycles. The molecule has 0 fully saturated rings. The molecular weight excluding hydrogens is 449 g/mol. The molecule has 0 saturated carbocycles.